The van der Waals surface area contributed by atoms with E-state index in [1.165, 1.54) is 44.3 Å². The molecule has 1 fully saturated rings. The number of nitrogens with one attached hydrogen (secondary N) is 1. The SMILES string of the molecule is CCCNC(C)CCCCSC1CCOCC1. The molecule has 0 aromatic rings. The fourth-order valence-corrected chi connectivity index (χ4v) is 3.37. The third-order valence-corrected chi connectivity index (χ3v) is 4.76. The largest absolute Gasteiger partial charge is 0.381 e. The summed E-state index contributed by atoms with van der Waals surface area (Å²) in [6, 6.07) is 0.697. The maximum atomic E-state index is 5.37. The van der Waals surface area contributed by atoms with Crippen molar-refractivity contribution in [2.45, 2.75) is 63.7 Å². The summed E-state index contributed by atoms with van der Waals surface area (Å²) in [6.07, 6.45) is 7.84. The van der Waals surface area contributed by atoms with Gasteiger partial charge in [-0.25, -0.2) is 0 Å². The smallest absolute Gasteiger partial charge is 0.0476 e. The summed E-state index contributed by atoms with van der Waals surface area (Å²) in [5.41, 5.74) is 0. The van der Waals surface area contributed by atoms with Gasteiger partial charge in [0.1, 0.15) is 0 Å². The van der Waals surface area contributed by atoms with Gasteiger partial charge in [-0.3, -0.25) is 0 Å². The monoisotopic (exact) mass is 259 g/mol. The highest BCUT2D eigenvalue weighted by atomic mass is 32.2. The minimum Gasteiger partial charge on any atom is -0.381 e. The van der Waals surface area contributed by atoms with E-state index in [1.54, 1.807) is 0 Å². The van der Waals surface area contributed by atoms with Crippen LogP contribution in [0.25, 0.3) is 0 Å². The molecule has 0 radical (unpaired) electrons. The van der Waals surface area contributed by atoms with Crippen LogP contribution in [0.5, 0.6) is 0 Å². The van der Waals surface area contributed by atoms with Crippen LogP contribution in [0.4, 0.5) is 0 Å². The molecule has 0 aliphatic carbocycles. The Balaban J connectivity index is 1.86. The average Bonchev–Trinajstić information content (AvgIpc) is 2.37. The topological polar surface area (TPSA) is 21.3 Å². The molecule has 1 heterocycles. The van der Waals surface area contributed by atoms with Crippen molar-refractivity contribution in [1.29, 1.82) is 0 Å². The van der Waals surface area contributed by atoms with Crippen molar-refractivity contribution in [2.75, 3.05) is 25.5 Å². The lowest BCUT2D eigenvalue weighted by molar-refractivity contribution is 0.100. The third kappa shape index (κ3) is 8.06. The molecule has 17 heavy (non-hydrogen) atoms. The number of rotatable bonds is 9. The summed E-state index contributed by atoms with van der Waals surface area (Å²) < 4.78 is 5.37. The van der Waals surface area contributed by atoms with Crippen LogP contribution in [0, 0.1) is 0 Å². The van der Waals surface area contributed by atoms with Crippen LogP contribution < -0.4 is 5.32 Å². The Bertz CT molecular complexity index is 172. The van der Waals surface area contributed by atoms with Crippen LogP contribution in [0.1, 0.15) is 52.4 Å². The zero-order valence-corrected chi connectivity index (χ0v) is 12.4. The summed E-state index contributed by atoms with van der Waals surface area (Å²) in [5, 5.41) is 4.42. The molecular formula is C14H29NOS. The zero-order valence-electron chi connectivity index (χ0n) is 11.5. The Kier molecular flexibility index (Phi) is 9.21. The van der Waals surface area contributed by atoms with E-state index in [0.717, 1.165) is 25.0 Å². The summed E-state index contributed by atoms with van der Waals surface area (Å²) in [5.74, 6) is 1.34. The van der Waals surface area contributed by atoms with Crippen LogP contribution in [-0.4, -0.2) is 36.8 Å². The number of thioether (sulfide) groups is 1. The van der Waals surface area contributed by atoms with Crippen molar-refractivity contribution in [3.8, 4) is 0 Å². The van der Waals surface area contributed by atoms with Gasteiger partial charge in [-0.1, -0.05) is 13.3 Å². The normalized spacial score (nSPS) is 19.4. The van der Waals surface area contributed by atoms with Gasteiger partial charge in [-0.15, -0.1) is 0 Å². The average molecular weight is 259 g/mol. The molecular weight excluding hydrogens is 230 g/mol. The van der Waals surface area contributed by atoms with Crippen molar-refractivity contribution < 1.29 is 4.74 Å². The molecule has 102 valence electrons. The van der Waals surface area contributed by atoms with Gasteiger partial charge in [0.25, 0.3) is 0 Å². The maximum Gasteiger partial charge on any atom is 0.0476 e. The van der Waals surface area contributed by atoms with Gasteiger partial charge in [0.05, 0.1) is 0 Å². The molecule has 1 saturated heterocycles. The minimum atomic E-state index is 0.697. The molecule has 0 saturated carbocycles. The van der Waals surface area contributed by atoms with E-state index >= 15 is 0 Å². The van der Waals surface area contributed by atoms with Crippen LogP contribution in [0.15, 0.2) is 0 Å². The van der Waals surface area contributed by atoms with Crippen molar-refractivity contribution in [3.63, 3.8) is 0 Å². The Hall–Kier alpha value is 0.270. The van der Waals surface area contributed by atoms with E-state index in [4.69, 9.17) is 4.74 Å². The molecule has 0 amide bonds. The van der Waals surface area contributed by atoms with Crippen LogP contribution in [-0.2, 0) is 4.74 Å². The fraction of sp³-hybridized carbons (Fsp3) is 1.00. The van der Waals surface area contributed by atoms with Gasteiger partial charge in [-0.05, 0) is 51.3 Å². The minimum absolute atomic E-state index is 0.697. The van der Waals surface area contributed by atoms with Gasteiger partial charge in [0, 0.05) is 24.5 Å². The molecule has 2 nitrogen and oxygen atoms in total. The first kappa shape index (κ1) is 15.3. The number of hydrogen-bond acceptors (Lipinski definition) is 3. The van der Waals surface area contributed by atoms with Gasteiger partial charge < -0.3 is 10.1 Å². The maximum absolute atomic E-state index is 5.37. The molecule has 1 atom stereocenters. The second-order valence-corrected chi connectivity index (χ2v) is 6.44. The predicted molar refractivity (Wildman–Crippen MR) is 77.9 cm³/mol. The van der Waals surface area contributed by atoms with Gasteiger partial charge >= 0.3 is 0 Å². The first-order chi connectivity index (χ1) is 8.33. The number of ether oxygens (including phenoxy) is 1. The second kappa shape index (κ2) is 10.2. The Morgan fingerprint density at radius 1 is 1.29 bits per heavy atom. The molecule has 1 aliphatic heterocycles. The van der Waals surface area contributed by atoms with E-state index in [1.807, 2.05) is 0 Å². The first-order valence-electron chi connectivity index (χ1n) is 7.25. The summed E-state index contributed by atoms with van der Waals surface area (Å²) >= 11 is 2.17. The standard InChI is InChI=1S/C14H29NOS/c1-3-9-15-13(2)6-4-5-12-17-14-7-10-16-11-8-14/h13-15H,3-12H2,1-2H3. The Labute approximate surface area is 111 Å². The molecule has 1 unspecified atom stereocenters. The molecule has 0 aromatic carbocycles. The number of hydrogen-bond donors (Lipinski definition) is 1. The molecule has 1 N–H and O–H groups in total. The Morgan fingerprint density at radius 2 is 2.06 bits per heavy atom. The van der Waals surface area contributed by atoms with Gasteiger partial charge in [0.15, 0.2) is 0 Å². The molecule has 0 bridgehead atoms. The molecule has 1 rings (SSSR count). The zero-order chi connectivity index (χ0) is 12.3. The quantitative estimate of drug-likeness (QED) is 0.641. The summed E-state index contributed by atoms with van der Waals surface area (Å²) in [6.45, 7) is 7.66. The van der Waals surface area contributed by atoms with E-state index in [-0.39, 0.29) is 0 Å². The van der Waals surface area contributed by atoms with Gasteiger partial charge in [-0.2, -0.15) is 11.8 Å². The second-order valence-electron chi connectivity index (χ2n) is 5.03. The summed E-state index contributed by atoms with van der Waals surface area (Å²) in [4.78, 5) is 0. The molecule has 0 aromatic heterocycles. The van der Waals surface area contributed by atoms with Crippen LogP contribution in [0.3, 0.4) is 0 Å². The van der Waals surface area contributed by atoms with Crippen LogP contribution in [0.2, 0.25) is 0 Å². The van der Waals surface area contributed by atoms with E-state index in [0.29, 0.717) is 6.04 Å². The van der Waals surface area contributed by atoms with Crippen molar-refractivity contribution >= 4 is 11.8 Å². The lowest BCUT2D eigenvalue weighted by Crippen LogP contribution is -2.26. The van der Waals surface area contributed by atoms with Gasteiger partial charge in [0.2, 0.25) is 0 Å². The lowest BCUT2D eigenvalue weighted by Gasteiger charge is -2.21. The van der Waals surface area contributed by atoms with E-state index < -0.39 is 0 Å². The van der Waals surface area contributed by atoms with E-state index in [9.17, 15) is 0 Å². The molecule has 1 aliphatic rings. The van der Waals surface area contributed by atoms with Crippen LogP contribution >= 0.6 is 11.8 Å². The van der Waals surface area contributed by atoms with Crippen molar-refractivity contribution in [3.05, 3.63) is 0 Å². The lowest BCUT2D eigenvalue weighted by atomic mass is 10.1. The predicted octanol–water partition coefficient (Wildman–Crippen LogP) is 3.46. The van der Waals surface area contributed by atoms with Crippen molar-refractivity contribution in [1.82, 2.24) is 5.32 Å². The highest BCUT2D eigenvalue weighted by molar-refractivity contribution is 7.99. The van der Waals surface area contributed by atoms with Crippen molar-refractivity contribution in [2.24, 2.45) is 0 Å². The highest BCUT2D eigenvalue weighted by Gasteiger charge is 2.13. The highest BCUT2D eigenvalue weighted by Crippen LogP contribution is 2.23. The van der Waals surface area contributed by atoms with E-state index in [2.05, 4.69) is 30.9 Å². The Morgan fingerprint density at radius 3 is 2.76 bits per heavy atom. The molecule has 3 heteroatoms. The fourth-order valence-electron chi connectivity index (χ4n) is 2.14. The number of unbranched alkanes of at least 4 members (excludes halogenated alkanes) is 1. The summed E-state index contributed by atoms with van der Waals surface area (Å²) in [7, 11) is 0. The third-order valence-electron chi connectivity index (χ3n) is 3.30. The molecule has 0 spiro atoms. The first-order valence-corrected chi connectivity index (χ1v) is 8.30.